The normalized spacial score (nSPS) is 22.2. The Hall–Kier alpha value is -2.49. The Morgan fingerprint density at radius 3 is 2.48 bits per heavy atom. The minimum absolute atomic E-state index is 0.115. The second-order valence-electron chi connectivity index (χ2n) is 8.86. The smallest absolute Gasteiger partial charge is 0.251 e. The third kappa shape index (κ3) is 5.72. The topological polar surface area (TPSA) is 91.8 Å². The van der Waals surface area contributed by atoms with Gasteiger partial charge in [0.05, 0.1) is 17.1 Å². The number of aromatic nitrogens is 1. The molecule has 1 N–H and O–H groups in total. The van der Waals surface area contributed by atoms with Crippen LogP contribution in [0.2, 0.25) is 0 Å². The van der Waals surface area contributed by atoms with E-state index in [1.807, 2.05) is 26.0 Å². The Morgan fingerprint density at radius 2 is 1.82 bits per heavy atom. The number of benzene rings is 1. The predicted octanol–water partition coefficient (Wildman–Crippen LogP) is 2.80. The lowest BCUT2D eigenvalue weighted by Gasteiger charge is -2.34. The fourth-order valence-electron chi connectivity index (χ4n) is 4.39. The van der Waals surface area contributed by atoms with Crippen molar-refractivity contribution >= 4 is 21.7 Å². The molecular formula is C24H32N4O4S. The summed E-state index contributed by atoms with van der Waals surface area (Å²) in [5, 5.41) is 2.87. The van der Waals surface area contributed by atoms with Crippen molar-refractivity contribution in [3.05, 3.63) is 53.7 Å². The zero-order chi connectivity index (χ0) is 23.4. The number of hydrogen-bond acceptors (Lipinski definition) is 6. The van der Waals surface area contributed by atoms with Crippen LogP contribution in [0.5, 0.6) is 0 Å². The molecule has 0 spiro atoms. The van der Waals surface area contributed by atoms with Gasteiger partial charge >= 0.3 is 0 Å². The number of hydrogen-bond donors (Lipinski definition) is 1. The summed E-state index contributed by atoms with van der Waals surface area (Å²) in [6.45, 7) is 6.69. The molecule has 4 rings (SSSR count). The van der Waals surface area contributed by atoms with Crippen LogP contribution in [-0.2, 0) is 21.3 Å². The number of morpholine rings is 1. The van der Waals surface area contributed by atoms with Gasteiger partial charge in [-0.15, -0.1) is 0 Å². The van der Waals surface area contributed by atoms with Crippen molar-refractivity contribution < 1.29 is 17.9 Å². The molecule has 0 radical (unpaired) electrons. The summed E-state index contributed by atoms with van der Waals surface area (Å²) in [4.78, 5) is 19.7. The Kier molecular flexibility index (Phi) is 7.31. The summed E-state index contributed by atoms with van der Waals surface area (Å²) < 4.78 is 33.3. The van der Waals surface area contributed by atoms with E-state index in [2.05, 4.69) is 15.2 Å². The van der Waals surface area contributed by atoms with E-state index in [4.69, 9.17) is 4.74 Å². The highest BCUT2D eigenvalue weighted by Crippen LogP contribution is 2.22. The lowest BCUT2D eigenvalue weighted by atomic mass is 10.1. The molecule has 0 saturated carbocycles. The zero-order valence-corrected chi connectivity index (χ0v) is 20.1. The average Bonchev–Trinajstić information content (AvgIpc) is 2.83. The molecule has 178 valence electrons. The van der Waals surface area contributed by atoms with Crippen LogP contribution in [0.4, 0.5) is 5.82 Å². The van der Waals surface area contributed by atoms with Gasteiger partial charge in [-0.1, -0.05) is 12.1 Å². The van der Waals surface area contributed by atoms with Crippen molar-refractivity contribution in [3.8, 4) is 0 Å². The van der Waals surface area contributed by atoms with Crippen molar-refractivity contribution in [2.45, 2.75) is 56.8 Å². The first-order chi connectivity index (χ1) is 15.8. The molecule has 2 saturated heterocycles. The van der Waals surface area contributed by atoms with Crippen LogP contribution in [0.1, 0.15) is 49.0 Å². The molecule has 2 aliphatic rings. The van der Waals surface area contributed by atoms with Gasteiger partial charge in [-0.3, -0.25) is 4.79 Å². The molecule has 2 fully saturated rings. The molecule has 9 heteroatoms. The second kappa shape index (κ2) is 10.2. The maximum Gasteiger partial charge on any atom is 0.251 e. The molecule has 2 unspecified atom stereocenters. The van der Waals surface area contributed by atoms with Crippen LogP contribution in [-0.4, -0.2) is 62.0 Å². The number of rotatable bonds is 6. The van der Waals surface area contributed by atoms with Gasteiger partial charge in [0.1, 0.15) is 5.82 Å². The summed E-state index contributed by atoms with van der Waals surface area (Å²) in [6, 6.07) is 10.1. The van der Waals surface area contributed by atoms with Crippen LogP contribution in [0.25, 0.3) is 0 Å². The quantitative estimate of drug-likeness (QED) is 0.695. The third-order valence-electron chi connectivity index (χ3n) is 6.06. The standard InChI is InChI=1S/C24H32N4O4S/c1-18-16-28(17-19(2)32-18)33(30,31)22-8-6-7-21(13-22)24(29)26-15-20-9-10-23(25-14-20)27-11-4-3-5-12-27/h6-10,13-14,18-19H,3-5,11-12,15-17H2,1-2H3,(H,26,29). The maximum absolute atomic E-state index is 13.1. The van der Waals surface area contributed by atoms with E-state index >= 15 is 0 Å². The highest BCUT2D eigenvalue weighted by atomic mass is 32.2. The summed E-state index contributed by atoms with van der Waals surface area (Å²) >= 11 is 0. The van der Waals surface area contributed by atoms with E-state index in [9.17, 15) is 13.2 Å². The number of carbonyl (C=O) groups is 1. The molecule has 1 aromatic carbocycles. The van der Waals surface area contributed by atoms with Gasteiger partial charge in [0.15, 0.2) is 0 Å². The molecule has 2 atom stereocenters. The first kappa shape index (κ1) is 23.7. The van der Waals surface area contributed by atoms with Crippen molar-refractivity contribution in [2.24, 2.45) is 0 Å². The number of nitrogens with zero attached hydrogens (tertiary/aromatic N) is 3. The third-order valence-corrected chi connectivity index (χ3v) is 7.89. The molecule has 1 amide bonds. The minimum atomic E-state index is -3.71. The summed E-state index contributed by atoms with van der Waals surface area (Å²) in [5.74, 6) is 0.644. The molecule has 33 heavy (non-hydrogen) atoms. The SMILES string of the molecule is CC1CN(S(=O)(=O)c2cccc(C(=O)NCc3ccc(N4CCCCC4)nc3)c2)CC(C)O1. The van der Waals surface area contributed by atoms with Crippen molar-refractivity contribution in [1.82, 2.24) is 14.6 Å². The molecule has 1 aromatic heterocycles. The van der Waals surface area contributed by atoms with Crippen molar-refractivity contribution in [1.29, 1.82) is 0 Å². The maximum atomic E-state index is 13.1. The molecule has 2 aromatic rings. The average molecular weight is 473 g/mol. The van der Waals surface area contributed by atoms with Crippen LogP contribution < -0.4 is 10.2 Å². The number of ether oxygens (including phenoxy) is 1. The lowest BCUT2D eigenvalue weighted by molar-refractivity contribution is -0.0440. The number of anilines is 1. The fraction of sp³-hybridized carbons (Fsp3) is 0.500. The van der Waals surface area contributed by atoms with Gasteiger partial charge in [0.2, 0.25) is 10.0 Å². The Balaban J connectivity index is 1.39. The highest BCUT2D eigenvalue weighted by Gasteiger charge is 2.32. The van der Waals surface area contributed by atoms with E-state index in [-0.39, 0.29) is 23.0 Å². The number of amides is 1. The van der Waals surface area contributed by atoms with E-state index in [0.717, 1.165) is 24.5 Å². The van der Waals surface area contributed by atoms with Crippen LogP contribution >= 0.6 is 0 Å². The van der Waals surface area contributed by atoms with Crippen molar-refractivity contribution in [3.63, 3.8) is 0 Å². The van der Waals surface area contributed by atoms with Crippen LogP contribution in [0.3, 0.4) is 0 Å². The molecule has 2 aliphatic heterocycles. The second-order valence-corrected chi connectivity index (χ2v) is 10.8. The summed E-state index contributed by atoms with van der Waals surface area (Å²) in [6.07, 6.45) is 5.09. The largest absolute Gasteiger partial charge is 0.373 e. The van der Waals surface area contributed by atoms with Gasteiger partial charge < -0.3 is 15.0 Å². The zero-order valence-electron chi connectivity index (χ0n) is 19.2. The molecule has 0 bridgehead atoms. The number of pyridine rings is 1. The molecule has 0 aliphatic carbocycles. The molecule has 3 heterocycles. The first-order valence-electron chi connectivity index (χ1n) is 11.6. The Morgan fingerprint density at radius 1 is 1.09 bits per heavy atom. The first-order valence-corrected chi connectivity index (χ1v) is 13.0. The molecule has 8 nitrogen and oxygen atoms in total. The van der Waals surface area contributed by atoms with Gasteiger partial charge in [-0.2, -0.15) is 4.31 Å². The van der Waals surface area contributed by atoms with Gasteiger partial charge in [0.25, 0.3) is 5.91 Å². The summed E-state index contributed by atoms with van der Waals surface area (Å²) in [7, 11) is -3.71. The molecular weight excluding hydrogens is 440 g/mol. The van der Waals surface area contributed by atoms with Gasteiger partial charge in [-0.25, -0.2) is 13.4 Å². The van der Waals surface area contributed by atoms with Crippen LogP contribution in [0.15, 0.2) is 47.5 Å². The van der Waals surface area contributed by atoms with E-state index in [1.165, 1.54) is 35.7 Å². The van der Waals surface area contributed by atoms with Crippen molar-refractivity contribution in [2.75, 3.05) is 31.1 Å². The Bertz CT molecular complexity index is 1060. The number of piperidine rings is 1. The minimum Gasteiger partial charge on any atom is -0.373 e. The monoisotopic (exact) mass is 472 g/mol. The predicted molar refractivity (Wildman–Crippen MR) is 127 cm³/mol. The van der Waals surface area contributed by atoms with E-state index < -0.39 is 10.0 Å². The lowest BCUT2D eigenvalue weighted by Crippen LogP contribution is -2.48. The highest BCUT2D eigenvalue weighted by molar-refractivity contribution is 7.89. The number of nitrogens with one attached hydrogen (secondary N) is 1. The number of sulfonamides is 1. The van der Waals surface area contributed by atoms with Gasteiger partial charge in [-0.05, 0) is 62.9 Å². The van der Waals surface area contributed by atoms with Gasteiger partial charge in [0, 0.05) is 44.5 Å². The van der Waals surface area contributed by atoms with Crippen LogP contribution in [0, 0.1) is 0 Å². The number of carbonyl (C=O) groups excluding carboxylic acids is 1. The summed E-state index contributed by atoms with van der Waals surface area (Å²) in [5.41, 5.74) is 1.20. The van der Waals surface area contributed by atoms with E-state index in [0.29, 0.717) is 25.2 Å². The Labute approximate surface area is 196 Å². The fourth-order valence-corrected chi connectivity index (χ4v) is 6.03. The van der Waals surface area contributed by atoms with E-state index in [1.54, 1.807) is 18.3 Å².